The zero-order chi connectivity index (χ0) is 11.4. The Kier molecular flexibility index (Phi) is 5.13. The smallest absolute Gasteiger partial charge is 0.304 e. The van der Waals surface area contributed by atoms with Crippen LogP contribution in [0.4, 0.5) is 0 Å². The highest BCUT2D eigenvalue weighted by molar-refractivity contribution is 5.67. The van der Waals surface area contributed by atoms with Crippen LogP contribution in [-0.4, -0.2) is 35.6 Å². The molecule has 0 aliphatic carbocycles. The van der Waals surface area contributed by atoms with Crippen LogP contribution in [0, 0.1) is 5.41 Å². The molecular weight excluding hydrogens is 178 g/mol. The summed E-state index contributed by atoms with van der Waals surface area (Å²) in [7, 11) is 2.00. The lowest BCUT2D eigenvalue weighted by atomic mass is 9.95. The predicted molar refractivity (Wildman–Crippen MR) is 58.4 cm³/mol. The molecular formula is C11H23NO2. The first kappa shape index (κ1) is 13.4. The van der Waals surface area contributed by atoms with E-state index in [-0.39, 0.29) is 17.9 Å². The first-order chi connectivity index (χ1) is 6.26. The Morgan fingerprint density at radius 2 is 1.93 bits per heavy atom. The van der Waals surface area contributed by atoms with Gasteiger partial charge in [0.2, 0.25) is 0 Å². The molecule has 14 heavy (non-hydrogen) atoms. The zero-order valence-corrected chi connectivity index (χ0v) is 10.0. The van der Waals surface area contributed by atoms with Gasteiger partial charge in [0.25, 0.3) is 0 Å². The highest BCUT2D eigenvalue weighted by Gasteiger charge is 2.21. The third kappa shape index (κ3) is 5.97. The molecule has 3 nitrogen and oxygen atoms in total. The van der Waals surface area contributed by atoms with Crippen LogP contribution in [0.3, 0.4) is 0 Å². The Balaban J connectivity index is 4.17. The first-order valence-corrected chi connectivity index (χ1v) is 5.18. The molecule has 0 bridgehead atoms. The minimum absolute atomic E-state index is 0.159. The molecule has 1 N–H and O–H groups in total. The van der Waals surface area contributed by atoms with Gasteiger partial charge in [0.15, 0.2) is 0 Å². The number of rotatable bonds is 5. The van der Waals surface area contributed by atoms with E-state index in [0.29, 0.717) is 0 Å². The molecule has 0 amide bonds. The predicted octanol–water partition coefficient (Wildman–Crippen LogP) is 2.22. The highest BCUT2D eigenvalue weighted by atomic mass is 16.4. The molecule has 0 heterocycles. The van der Waals surface area contributed by atoms with Crippen LogP contribution in [-0.2, 0) is 4.79 Å². The maximum atomic E-state index is 10.6. The largest absolute Gasteiger partial charge is 0.481 e. The van der Waals surface area contributed by atoms with E-state index in [4.69, 9.17) is 5.11 Å². The molecule has 0 fully saturated rings. The van der Waals surface area contributed by atoms with E-state index in [9.17, 15) is 4.79 Å². The monoisotopic (exact) mass is 201 g/mol. The number of carboxylic acids is 1. The quantitative estimate of drug-likeness (QED) is 0.741. The summed E-state index contributed by atoms with van der Waals surface area (Å²) in [5, 5.41) is 8.74. The van der Waals surface area contributed by atoms with E-state index in [1.165, 1.54) is 0 Å². The van der Waals surface area contributed by atoms with Gasteiger partial charge < -0.3 is 10.0 Å². The summed E-state index contributed by atoms with van der Waals surface area (Å²) in [4.78, 5) is 12.8. The minimum Gasteiger partial charge on any atom is -0.481 e. The second-order valence-corrected chi connectivity index (χ2v) is 5.14. The standard InChI is InChI=1S/C11H23NO2/c1-6-9(7-10(13)14)12(5)8-11(2,3)4/h9H,6-8H2,1-5H3,(H,13,14). The Bertz CT molecular complexity index is 184. The summed E-state index contributed by atoms with van der Waals surface area (Å²) < 4.78 is 0. The van der Waals surface area contributed by atoms with Crippen molar-refractivity contribution >= 4 is 5.97 Å². The lowest BCUT2D eigenvalue weighted by molar-refractivity contribution is -0.138. The van der Waals surface area contributed by atoms with E-state index in [1.54, 1.807) is 0 Å². The number of carboxylic acid groups (broad SMARTS) is 1. The maximum absolute atomic E-state index is 10.6. The van der Waals surface area contributed by atoms with Gasteiger partial charge in [0, 0.05) is 12.6 Å². The Morgan fingerprint density at radius 3 is 2.21 bits per heavy atom. The van der Waals surface area contributed by atoms with Gasteiger partial charge in [0.05, 0.1) is 6.42 Å². The van der Waals surface area contributed by atoms with Crippen molar-refractivity contribution in [3.05, 3.63) is 0 Å². The van der Waals surface area contributed by atoms with E-state index >= 15 is 0 Å². The van der Waals surface area contributed by atoms with Crippen LogP contribution >= 0.6 is 0 Å². The van der Waals surface area contributed by atoms with Crippen molar-refractivity contribution in [2.45, 2.75) is 46.6 Å². The molecule has 0 aliphatic heterocycles. The van der Waals surface area contributed by atoms with Crippen molar-refractivity contribution in [2.24, 2.45) is 5.41 Å². The van der Waals surface area contributed by atoms with Crippen molar-refractivity contribution in [3.63, 3.8) is 0 Å². The number of nitrogens with zero attached hydrogens (tertiary/aromatic N) is 1. The van der Waals surface area contributed by atoms with Crippen LogP contribution < -0.4 is 0 Å². The van der Waals surface area contributed by atoms with Crippen molar-refractivity contribution in [2.75, 3.05) is 13.6 Å². The van der Waals surface area contributed by atoms with Crippen LogP contribution in [0.15, 0.2) is 0 Å². The fourth-order valence-electron chi connectivity index (χ4n) is 1.69. The summed E-state index contributed by atoms with van der Waals surface area (Å²) in [5.74, 6) is -0.711. The number of carbonyl (C=O) groups is 1. The fraction of sp³-hybridized carbons (Fsp3) is 0.909. The first-order valence-electron chi connectivity index (χ1n) is 5.18. The summed E-state index contributed by atoms with van der Waals surface area (Å²) in [5.41, 5.74) is 0.223. The van der Waals surface area contributed by atoms with E-state index in [0.717, 1.165) is 13.0 Å². The number of hydrogen-bond donors (Lipinski definition) is 1. The van der Waals surface area contributed by atoms with Crippen LogP contribution in [0.2, 0.25) is 0 Å². The Labute approximate surface area is 87.1 Å². The second-order valence-electron chi connectivity index (χ2n) is 5.14. The third-order valence-electron chi connectivity index (χ3n) is 2.23. The summed E-state index contributed by atoms with van der Waals surface area (Å²) in [6.07, 6.45) is 1.13. The van der Waals surface area contributed by atoms with Crippen LogP contribution in [0.5, 0.6) is 0 Å². The molecule has 1 atom stereocenters. The molecule has 3 heteroatoms. The van der Waals surface area contributed by atoms with Gasteiger partial charge in [-0.15, -0.1) is 0 Å². The molecule has 0 saturated carbocycles. The van der Waals surface area contributed by atoms with Gasteiger partial charge in [0.1, 0.15) is 0 Å². The summed E-state index contributed by atoms with van der Waals surface area (Å²) in [6.45, 7) is 9.45. The molecule has 0 rings (SSSR count). The normalized spacial score (nSPS) is 14.4. The van der Waals surface area contributed by atoms with Gasteiger partial charge in [-0.2, -0.15) is 0 Å². The molecule has 84 valence electrons. The van der Waals surface area contributed by atoms with Crippen molar-refractivity contribution in [1.82, 2.24) is 4.90 Å². The SMILES string of the molecule is CCC(CC(=O)O)N(C)CC(C)(C)C. The summed E-state index contributed by atoms with van der Waals surface area (Å²) in [6, 6.07) is 0.159. The second kappa shape index (κ2) is 5.35. The van der Waals surface area contributed by atoms with Gasteiger partial charge in [-0.1, -0.05) is 27.7 Å². The number of hydrogen-bond acceptors (Lipinski definition) is 2. The lowest BCUT2D eigenvalue weighted by Gasteiger charge is -2.32. The molecule has 0 aromatic rings. The molecule has 0 saturated heterocycles. The van der Waals surface area contributed by atoms with Crippen LogP contribution in [0.1, 0.15) is 40.5 Å². The fourth-order valence-corrected chi connectivity index (χ4v) is 1.69. The molecule has 0 aromatic heterocycles. The average Bonchev–Trinajstić information content (AvgIpc) is 1.96. The van der Waals surface area contributed by atoms with Crippen molar-refractivity contribution in [1.29, 1.82) is 0 Å². The third-order valence-corrected chi connectivity index (χ3v) is 2.23. The molecule has 0 radical (unpaired) electrons. The highest BCUT2D eigenvalue weighted by Crippen LogP contribution is 2.17. The van der Waals surface area contributed by atoms with Crippen molar-refractivity contribution < 1.29 is 9.90 Å². The lowest BCUT2D eigenvalue weighted by Crippen LogP contribution is -2.38. The Hall–Kier alpha value is -0.570. The zero-order valence-electron chi connectivity index (χ0n) is 10.0. The van der Waals surface area contributed by atoms with E-state index < -0.39 is 5.97 Å². The Morgan fingerprint density at radius 1 is 1.43 bits per heavy atom. The van der Waals surface area contributed by atoms with E-state index in [1.807, 2.05) is 14.0 Å². The number of aliphatic carboxylic acids is 1. The van der Waals surface area contributed by atoms with Gasteiger partial charge in [-0.05, 0) is 18.9 Å². The average molecular weight is 201 g/mol. The molecule has 0 aromatic carbocycles. The van der Waals surface area contributed by atoms with Gasteiger partial charge in [-0.3, -0.25) is 4.79 Å². The molecule has 0 spiro atoms. The van der Waals surface area contributed by atoms with Crippen molar-refractivity contribution in [3.8, 4) is 0 Å². The maximum Gasteiger partial charge on any atom is 0.304 e. The van der Waals surface area contributed by atoms with Gasteiger partial charge in [-0.25, -0.2) is 0 Å². The topological polar surface area (TPSA) is 40.5 Å². The summed E-state index contributed by atoms with van der Waals surface area (Å²) >= 11 is 0. The van der Waals surface area contributed by atoms with Crippen LogP contribution in [0.25, 0.3) is 0 Å². The molecule has 1 unspecified atom stereocenters. The van der Waals surface area contributed by atoms with Gasteiger partial charge >= 0.3 is 5.97 Å². The molecule has 0 aliphatic rings. The van der Waals surface area contributed by atoms with E-state index in [2.05, 4.69) is 25.7 Å². The minimum atomic E-state index is -0.711.